The standard InChI is InChI=1S/C12H8N2O2/c1-2-4-11-9(3-1)7-13-12(14-11)16-10-5-6-15-8-10/h1-8H. The van der Waals surface area contributed by atoms with Crippen molar-refractivity contribution in [1.82, 2.24) is 9.97 Å². The number of furan rings is 1. The fourth-order valence-electron chi connectivity index (χ4n) is 1.42. The second-order valence-corrected chi connectivity index (χ2v) is 3.27. The lowest BCUT2D eigenvalue weighted by Gasteiger charge is -2.01. The van der Waals surface area contributed by atoms with E-state index in [-0.39, 0.29) is 0 Å². The molecular weight excluding hydrogens is 204 g/mol. The molecule has 0 spiro atoms. The number of hydrogen-bond acceptors (Lipinski definition) is 4. The molecule has 0 bridgehead atoms. The van der Waals surface area contributed by atoms with Gasteiger partial charge in [0.1, 0.15) is 6.26 Å². The van der Waals surface area contributed by atoms with Crippen LogP contribution >= 0.6 is 0 Å². The molecule has 0 saturated heterocycles. The Kier molecular flexibility index (Phi) is 2.04. The van der Waals surface area contributed by atoms with Crippen molar-refractivity contribution in [2.75, 3.05) is 0 Å². The van der Waals surface area contributed by atoms with Crippen molar-refractivity contribution < 1.29 is 9.15 Å². The Morgan fingerprint density at radius 2 is 2.06 bits per heavy atom. The molecule has 4 heteroatoms. The molecule has 2 aromatic heterocycles. The molecule has 0 radical (unpaired) electrons. The lowest BCUT2D eigenvalue weighted by molar-refractivity contribution is 0.433. The zero-order valence-corrected chi connectivity index (χ0v) is 8.33. The summed E-state index contributed by atoms with van der Waals surface area (Å²) in [5.41, 5.74) is 0.857. The van der Waals surface area contributed by atoms with Gasteiger partial charge in [-0.3, -0.25) is 0 Å². The Balaban J connectivity index is 1.99. The molecule has 0 amide bonds. The molecule has 3 rings (SSSR count). The first kappa shape index (κ1) is 8.91. The van der Waals surface area contributed by atoms with Gasteiger partial charge < -0.3 is 9.15 Å². The van der Waals surface area contributed by atoms with Gasteiger partial charge in [-0.05, 0) is 6.07 Å². The van der Waals surface area contributed by atoms with Crippen LogP contribution in [-0.4, -0.2) is 9.97 Å². The van der Waals surface area contributed by atoms with Crippen molar-refractivity contribution in [3.63, 3.8) is 0 Å². The fourth-order valence-corrected chi connectivity index (χ4v) is 1.42. The molecule has 0 N–H and O–H groups in total. The largest absolute Gasteiger partial charge is 0.469 e. The van der Waals surface area contributed by atoms with Crippen LogP contribution in [0.3, 0.4) is 0 Å². The second kappa shape index (κ2) is 3.66. The van der Waals surface area contributed by atoms with Gasteiger partial charge in [0.2, 0.25) is 0 Å². The maximum absolute atomic E-state index is 5.41. The lowest BCUT2D eigenvalue weighted by atomic mass is 10.2. The van der Waals surface area contributed by atoms with Crippen molar-refractivity contribution in [2.45, 2.75) is 0 Å². The van der Waals surface area contributed by atoms with E-state index in [0.29, 0.717) is 11.8 Å². The monoisotopic (exact) mass is 212 g/mol. The minimum atomic E-state index is 0.320. The Labute approximate surface area is 91.5 Å². The SMILES string of the molecule is c1ccc2nc(Oc3ccoc3)ncc2c1. The topological polar surface area (TPSA) is 48.2 Å². The van der Waals surface area contributed by atoms with E-state index in [2.05, 4.69) is 9.97 Å². The summed E-state index contributed by atoms with van der Waals surface area (Å²) in [6.07, 6.45) is 4.77. The van der Waals surface area contributed by atoms with Crippen LogP contribution in [-0.2, 0) is 0 Å². The van der Waals surface area contributed by atoms with Gasteiger partial charge >= 0.3 is 6.01 Å². The second-order valence-electron chi connectivity index (χ2n) is 3.27. The summed E-state index contributed by atoms with van der Waals surface area (Å²) in [4.78, 5) is 8.38. The van der Waals surface area contributed by atoms with E-state index < -0.39 is 0 Å². The third kappa shape index (κ3) is 1.61. The van der Waals surface area contributed by atoms with E-state index in [4.69, 9.17) is 9.15 Å². The predicted molar refractivity (Wildman–Crippen MR) is 58.3 cm³/mol. The number of benzene rings is 1. The molecule has 0 atom stereocenters. The first-order chi connectivity index (χ1) is 7.92. The summed E-state index contributed by atoms with van der Waals surface area (Å²) >= 11 is 0. The molecule has 16 heavy (non-hydrogen) atoms. The van der Waals surface area contributed by atoms with Gasteiger partial charge in [0.15, 0.2) is 5.75 Å². The molecule has 0 unspecified atom stereocenters. The van der Waals surface area contributed by atoms with Gasteiger partial charge in [0.25, 0.3) is 0 Å². The van der Waals surface area contributed by atoms with Crippen LogP contribution in [0.1, 0.15) is 0 Å². The van der Waals surface area contributed by atoms with Crippen LogP contribution in [0, 0.1) is 0 Å². The minimum Gasteiger partial charge on any atom is -0.469 e. The van der Waals surface area contributed by atoms with Crippen LogP contribution in [0.4, 0.5) is 0 Å². The van der Waals surface area contributed by atoms with Crippen LogP contribution in [0.25, 0.3) is 10.9 Å². The number of aromatic nitrogens is 2. The first-order valence-corrected chi connectivity index (χ1v) is 4.84. The zero-order chi connectivity index (χ0) is 10.8. The third-order valence-electron chi connectivity index (χ3n) is 2.17. The van der Waals surface area contributed by atoms with Crippen LogP contribution in [0.15, 0.2) is 53.5 Å². The van der Waals surface area contributed by atoms with Gasteiger partial charge in [-0.2, -0.15) is 4.98 Å². The van der Waals surface area contributed by atoms with Crippen molar-refractivity contribution in [1.29, 1.82) is 0 Å². The summed E-state index contributed by atoms with van der Waals surface area (Å²) in [6.45, 7) is 0. The molecule has 0 aliphatic carbocycles. The van der Waals surface area contributed by atoms with Crippen LogP contribution < -0.4 is 4.74 Å². The summed E-state index contributed by atoms with van der Waals surface area (Å²) in [5, 5.41) is 0.988. The van der Waals surface area contributed by atoms with Crippen molar-refractivity contribution >= 4 is 10.9 Å². The number of hydrogen-bond donors (Lipinski definition) is 0. The van der Waals surface area contributed by atoms with Crippen molar-refractivity contribution in [3.05, 3.63) is 49.1 Å². The smallest absolute Gasteiger partial charge is 0.322 e. The molecule has 0 aliphatic heterocycles. The maximum Gasteiger partial charge on any atom is 0.322 e. The molecule has 3 aromatic rings. The van der Waals surface area contributed by atoms with E-state index in [9.17, 15) is 0 Å². The molecule has 2 heterocycles. The van der Waals surface area contributed by atoms with Gasteiger partial charge in [-0.1, -0.05) is 18.2 Å². The third-order valence-corrected chi connectivity index (χ3v) is 2.17. The quantitative estimate of drug-likeness (QED) is 0.655. The fraction of sp³-hybridized carbons (Fsp3) is 0. The lowest BCUT2D eigenvalue weighted by Crippen LogP contribution is -1.90. The number of para-hydroxylation sites is 1. The number of nitrogens with zero attached hydrogens (tertiary/aromatic N) is 2. The average molecular weight is 212 g/mol. The summed E-state index contributed by atoms with van der Waals surface area (Å²) < 4.78 is 10.3. The molecule has 4 nitrogen and oxygen atoms in total. The van der Waals surface area contributed by atoms with Crippen molar-refractivity contribution in [2.24, 2.45) is 0 Å². The molecule has 78 valence electrons. The van der Waals surface area contributed by atoms with Gasteiger partial charge in [0.05, 0.1) is 11.8 Å². The molecule has 0 aliphatic rings. The van der Waals surface area contributed by atoms with E-state index in [1.54, 1.807) is 12.3 Å². The Bertz CT molecular complexity index is 605. The Morgan fingerprint density at radius 1 is 1.12 bits per heavy atom. The van der Waals surface area contributed by atoms with E-state index in [1.165, 1.54) is 12.5 Å². The zero-order valence-electron chi connectivity index (χ0n) is 8.33. The number of rotatable bonds is 2. The number of ether oxygens (including phenoxy) is 1. The summed E-state index contributed by atoms with van der Waals surface area (Å²) in [6, 6.07) is 9.77. The number of fused-ring (bicyclic) bond motifs is 1. The summed E-state index contributed by atoms with van der Waals surface area (Å²) in [7, 11) is 0. The van der Waals surface area contributed by atoms with E-state index in [1.807, 2.05) is 24.3 Å². The predicted octanol–water partition coefficient (Wildman–Crippen LogP) is 3.02. The molecule has 0 fully saturated rings. The normalized spacial score (nSPS) is 10.5. The molecule has 1 aromatic carbocycles. The van der Waals surface area contributed by atoms with Gasteiger partial charge in [-0.25, -0.2) is 4.98 Å². The van der Waals surface area contributed by atoms with Crippen LogP contribution in [0.5, 0.6) is 11.8 Å². The maximum atomic E-state index is 5.41. The van der Waals surface area contributed by atoms with Crippen LogP contribution in [0.2, 0.25) is 0 Å². The summed E-state index contributed by atoms with van der Waals surface area (Å²) in [5.74, 6) is 0.593. The highest BCUT2D eigenvalue weighted by atomic mass is 16.5. The molecular formula is C12H8N2O2. The van der Waals surface area contributed by atoms with E-state index in [0.717, 1.165) is 10.9 Å². The Hall–Kier alpha value is -2.36. The highest BCUT2D eigenvalue weighted by molar-refractivity contribution is 5.77. The highest BCUT2D eigenvalue weighted by Gasteiger charge is 2.02. The van der Waals surface area contributed by atoms with Gasteiger partial charge in [0, 0.05) is 17.6 Å². The first-order valence-electron chi connectivity index (χ1n) is 4.84. The highest BCUT2D eigenvalue weighted by Crippen LogP contribution is 2.19. The van der Waals surface area contributed by atoms with Crippen molar-refractivity contribution in [3.8, 4) is 11.8 Å². The van der Waals surface area contributed by atoms with E-state index >= 15 is 0 Å². The average Bonchev–Trinajstić information content (AvgIpc) is 2.82. The molecule has 0 saturated carbocycles. The van der Waals surface area contributed by atoms with Gasteiger partial charge in [-0.15, -0.1) is 0 Å². The minimum absolute atomic E-state index is 0.320. The Morgan fingerprint density at radius 3 is 2.94 bits per heavy atom.